The van der Waals surface area contributed by atoms with Crippen molar-refractivity contribution in [2.24, 2.45) is 0 Å². The zero-order valence-electron chi connectivity index (χ0n) is 17.7. The summed E-state index contributed by atoms with van der Waals surface area (Å²) in [5.41, 5.74) is 2.51. The SMILES string of the molecule is Cc1cc(C)n(-c2ccc(Oc3ccc(NC(=O)c4ccccc4SC(F)F)cc3)nn2)n1. The normalized spacial score (nSPS) is 10.9. The molecule has 2 aromatic heterocycles. The maximum atomic E-state index is 12.7. The van der Waals surface area contributed by atoms with Crippen LogP contribution in [0.15, 0.2) is 71.6 Å². The van der Waals surface area contributed by atoms with E-state index in [1.807, 2.05) is 19.9 Å². The van der Waals surface area contributed by atoms with Crippen LogP contribution >= 0.6 is 11.8 Å². The zero-order valence-corrected chi connectivity index (χ0v) is 18.5. The highest BCUT2D eigenvalue weighted by atomic mass is 32.2. The molecule has 4 rings (SSSR count). The minimum absolute atomic E-state index is 0.182. The van der Waals surface area contributed by atoms with Gasteiger partial charge in [0.05, 0.1) is 11.3 Å². The maximum absolute atomic E-state index is 12.7. The molecular weight excluding hydrogens is 448 g/mol. The van der Waals surface area contributed by atoms with E-state index in [9.17, 15) is 13.6 Å². The summed E-state index contributed by atoms with van der Waals surface area (Å²) in [5.74, 6) is -1.71. The number of benzene rings is 2. The van der Waals surface area contributed by atoms with Crippen molar-refractivity contribution in [1.82, 2.24) is 20.0 Å². The first-order valence-electron chi connectivity index (χ1n) is 9.89. The number of hydrogen-bond donors (Lipinski definition) is 1. The van der Waals surface area contributed by atoms with Crippen LogP contribution in [0.4, 0.5) is 14.5 Å². The van der Waals surface area contributed by atoms with Gasteiger partial charge in [-0.05, 0) is 62.4 Å². The highest BCUT2D eigenvalue weighted by molar-refractivity contribution is 7.99. The standard InChI is InChI=1S/C23H19F2N5O2S/c1-14-13-15(2)30(29-14)20-11-12-21(28-27-20)32-17-9-7-16(8-10-17)26-22(31)18-5-3-4-6-19(18)33-23(24)25/h3-13,23H,1-2H3,(H,26,31). The Bertz CT molecular complexity index is 1260. The Balaban J connectivity index is 1.41. The van der Waals surface area contributed by atoms with Gasteiger partial charge in [-0.25, -0.2) is 4.68 Å². The number of halogens is 2. The molecule has 0 fully saturated rings. The largest absolute Gasteiger partial charge is 0.438 e. The molecule has 0 spiro atoms. The third-order valence-corrected chi connectivity index (χ3v) is 5.32. The van der Waals surface area contributed by atoms with Crippen LogP contribution in [0.25, 0.3) is 5.82 Å². The Kier molecular flexibility index (Phi) is 6.64. The first-order valence-corrected chi connectivity index (χ1v) is 10.8. The lowest BCUT2D eigenvalue weighted by Crippen LogP contribution is -2.13. The van der Waals surface area contributed by atoms with E-state index in [-0.39, 0.29) is 10.5 Å². The number of alkyl halides is 2. The second-order valence-electron chi connectivity index (χ2n) is 7.02. The number of carbonyl (C=O) groups excluding carboxylic acids is 1. The number of ether oxygens (including phenoxy) is 1. The van der Waals surface area contributed by atoms with Crippen LogP contribution in [0.1, 0.15) is 21.7 Å². The number of nitrogens with one attached hydrogen (secondary N) is 1. The van der Waals surface area contributed by atoms with E-state index >= 15 is 0 Å². The number of aromatic nitrogens is 4. The summed E-state index contributed by atoms with van der Waals surface area (Å²) in [6.45, 7) is 3.84. The summed E-state index contributed by atoms with van der Waals surface area (Å²) in [5, 5.41) is 15.3. The van der Waals surface area contributed by atoms with Crippen molar-refractivity contribution in [3.63, 3.8) is 0 Å². The Morgan fingerprint density at radius 2 is 1.79 bits per heavy atom. The molecule has 0 radical (unpaired) electrons. The number of carbonyl (C=O) groups is 1. The van der Waals surface area contributed by atoms with Crippen LogP contribution in [0.2, 0.25) is 0 Å². The third-order valence-electron chi connectivity index (χ3n) is 4.53. The summed E-state index contributed by atoms with van der Waals surface area (Å²) >= 11 is 0.337. The summed E-state index contributed by atoms with van der Waals surface area (Å²) in [4.78, 5) is 12.8. The molecule has 0 unspecified atom stereocenters. The lowest BCUT2D eigenvalue weighted by Gasteiger charge is -2.10. The van der Waals surface area contributed by atoms with E-state index in [2.05, 4.69) is 20.6 Å². The Labute approximate surface area is 192 Å². The van der Waals surface area contributed by atoms with Gasteiger partial charge in [0, 0.05) is 22.3 Å². The van der Waals surface area contributed by atoms with Gasteiger partial charge in [0.15, 0.2) is 5.82 Å². The van der Waals surface area contributed by atoms with Crippen molar-refractivity contribution in [2.75, 3.05) is 5.32 Å². The van der Waals surface area contributed by atoms with Gasteiger partial charge in [-0.15, -0.1) is 10.2 Å². The van der Waals surface area contributed by atoms with Crippen molar-refractivity contribution in [2.45, 2.75) is 24.5 Å². The van der Waals surface area contributed by atoms with Gasteiger partial charge in [-0.2, -0.15) is 13.9 Å². The van der Waals surface area contributed by atoms with Crippen molar-refractivity contribution >= 4 is 23.4 Å². The van der Waals surface area contributed by atoms with Crippen LogP contribution in [-0.4, -0.2) is 31.6 Å². The first kappa shape index (κ1) is 22.4. The van der Waals surface area contributed by atoms with Crippen molar-refractivity contribution in [1.29, 1.82) is 0 Å². The average Bonchev–Trinajstić information content (AvgIpc) is 3.13. The number of hydrogen-bond acceptors (Lipinski definition) is 6. The van der Waals surface area contributed by atoms with Gasteiger partial charge in [-0.3, -0.25) is 4.79 Å². The highest BCUT2D eigenvalue weighted by Gasteiger charge is 2.15. The predicted molar refractivity (Wildman–Crippen MR) is 121 cm³/mol. The molecule has 1 N–H and O–H groups in total. The number of rotatable bonds is 7. The lowest BCUT2D eigenvalue weighted by molar-refractivity contribution is 0.102. The third kappa shape index (κ3) is 5.53. The number of thioether (sulfide) groups is 1. The number of amides is 1. The number of aryl methyl sites for hydroxylation is 2. The van der Waals surface area contributed by atoms with Gasteiger partial charge in [0.2, 0.25) is 5.88 Å². The van der Waals surface area contributed by atoms with E-state index in [1.165, 1.54) is 12.1 Å². The number of anilines is 1. The fraction of sp³-hybridized carbons (Fsp3) is 0.130. The quantitative estimate of drug-likeness (QED) is 0.354. The smallest absolute Gasteiger partial charge is 0.288 e. The molecule has 0 bridgehead atoms. The van der Waals surface area contributed by atoms with Crippen LogP contribution in [-0.2, 0) is 0 Å². The van der Waals surface area contributed by atoms with Crippen LogP contribution in [0.5, 0.6) is 11.6 Å². The van der Waals surface area contributed by atoms with Gasteiger partial charge >= 0.3 is 0 Å². The topological polar surface area (TPSA) is 81.9 Å². The van der Waals surface area contributed by atoms with E-state index in [1.54, 1.807) is 53.2 Å². The summed E-state index contributed by atoms with van der Waals surface area (Å²) in [6.07, 6.45) is 0. The molecule has 7 nitrogen and oxygen atoms in total. The molecule has 1 amide bonds. The molecule has 168 valence electrons. The molecule has 0 saturated carbocycles. The highest BCUT2D eigenvalue weighted by Crippen LogP contribution is 2.29. The van der Waals surface area contributed by atoms with E-state index in [0.717, 1.165) is 11.4 Å². The molecule has 0 atom stereocenters. The molecule has 0 aliphatic heterocycles. The van der Waals surface area contributed by atoms with Gasteiger partial charge < -0.3 is 10.1 Å². The Hall–Kier alpha value is -3.79. The van der Waals surface area contributed by atoms with Gasteiger partial charge in [0.1, 0.15) is 5.75 Å². The van der Waals surface area contributed by atoms with Crippen molar-refractivity contribution in [3.8, 4) is 17.4 Å². The first-order chi connectivity index (χ1) is 15.9. The summed E-state index contributed by atoms with van der Waals surface area (Å²) in [6, 6.07) is 18.2. The Morgan fingerprint density at radius 3 is 2.42 bits per heavy atom. The second-order valence-corrected chi connectivity index (χ2v) is 8.06. The van der Waals surface area contributed by atoms with E-state index in [0.29, 0.717) is 34.9 Å². The van der Waals surface area contributed by atoms with Crippen molar-refractivity contribution in [3.05, 3.63) is 83.7 Å². The van der Waals surface area contributed by atoms with Crippen LogP contribution < -0.4 is 10.1 Å². The fourth-order valence-corrected chi connectivity index (χ4v) is 3.76. The second kappa shape index (κ2) is 9.78. The summed E-state index contributed by atoms with van der Waals surface area (Å²) < 4.78 is 32.9. The average molecular weight is 468 g/mol. The van der Waals surface area contributed by atoms with Gasteiger partial charge in [-0.1, -0.05) is 23.9 Å². The number of nitrogens with zero attached hydrogens (tertiary/aromatic N) is 4. The van der Waals surface area contributed by atoms with Crippen molar-refractivity contribution < 1.29 is 18.3 Å². The Morgan fingerprint density at radius 1 is 1.03 bits per heavy atom. The molecule has 2 aromatic carbocycles. The monoisotopic (exact) mass is 467 g/mol. The molecule has 0 aliphatic rings. The fourth-order valence-electron chi connectivity index (χ4n) is 3.12. The molecule has 4 aromatic rings. The van der Waals surface area contributed by atoms with E-state index < -0.39 is 11.7 Å². The van der Waals surface area contributed by atoms with E-state index in [4.69, 9.17) is 4.74 Å². The zero-order chi connectivity index (χ0) is 23.4. The molecular formula is C23H19F2N5O2S. The van der Waals surface area contributed by atoms with Crippen LogP contribution in [0.3, 0.4) is 0 Å². The summed E-state index contributed by atoms with van der Waals surface area (Å²) in [7, 11) is 0. The molecule has 10 heteroatoms. The minimum atomic E-state index is -2.61. The maximum Gasteiger partial charge on any atom is 0.288 e. The van der Waals surface area contributed by atoms with Crippen LogP contribution in [0, 0.1) is 13.8 Å². The predicted octanol–water partition coefficient (Wildman–Crippen LogP) is 5.64. The minimum Gasteiger partial charge on any atom is -0.438 e. The van der Waals surface area contributed by atoms with Gasteiger partial charge in [0.25, 0.3) is 11.7 Å². The molecule has 2 heterocycles. The lowest BCUT2D eigenvalue weighted by atomic mass is 10.2. The molecule has 0 saturated heterocycles. The molecule has 33 heavy (non-hydrogen) atoms. The molecule has 0 aliphatic carbocycles.